The van der Waals surface area contributed by atoms with Gasteiger partial charge < -0.3 is 14.5 Å². The third-order valence-corrected chi connectivity index (χ3v) is 4.86. The molecule has 2 aromatic rings. The highest BCUT2D eigenvalue weighted by molar-refractivity contribution is 5.80. The van der Waals surface area contributed by atoms with E-state index in [0.29, 0.717) is 25.3 Å². The fourth-order valence-corrected chi connectivity index (χ4v) is 3.48. The quantitative estimate of drug-likeness (QED) is 0.732. The molecule has 0 bridgehead atoms. The van der Waals surface area contributed by atoms with E-state index < -0.39 is 11.6 Å². The molecule has 0 radical (unpaired) electrons. The number of aromatic nitrogens is 1. The van der Waals surface area contributed by atoms with E-state index in [2.05, 4.69) is 10.5 Å². The lowest BCUT2D eigenvalue weighted by Crippen LogP contribution is -2.39. The van der Waals surface area contributed by atoms with Crippen molar-refractivity contribution in [3.05, 3.63) is 29.7 Å². The zero-order chi connectivity index (χ0) is 18.7. The maximum atomic E-state index is 13.4. The van der Waals surface area contributed by atoms with Gasteiger partial charge in [-0.1, -0.05) is 19.8 Å². The van der Waals surface area contributed by atoms with E-state index in [9.17, 15) is 13.6 Å². The van der Waals surface area contributed by atoms with Gasteiger partial charge in [-0.15, -0.1) is 0 Å². The number of hydrogen-bond donors (Lipinski definition) is 2. The number of amides is 1. The molecule has 0 spiro atoms. The average molecular weight is 367 g/mol. The minimum atomic E-state index is -0.992. The number of fused-ring (bicyclic) bond motifs is 1. The van der Waals surface area contributed by atoms with Crippen LogP contribution in [0.4, 0.5) is 8.78 Å². The fraction of sp³-hybridized carbons (Fsp3) is 0.556. The van der Waals surface area contributed by atoms with Gasteiger partial charge in [0.2, 0.25) is 11.8 Å². The molecule has 1 aliphatic heterocycles. The number of carbonyl (C=O) groups is 1. The number of nitrogens with zero attached hydrogens (tertiary/aromatic N) is 2. The monoisotopic (exact) mass is 367 g/mol. The van der Waals surface area contributed by atoms with Crippen LogP contribution in [-0.2, 0) is 4.79 Å². The van der Waals surface area contributed by atoms with Crippen molar-refractivity contribution >= 4 is 17.0 Å². The van der Waals surface area contributed by atoms with Crippen LogP contribution in [0.15, 0.2) is 16.5 Å². The molecule has 2 heterocycles. The SMILES string of the molecule is CCCC[C@H](CNO)C(=O)N1CCC[C@H]1c1nc2cc(F)c(F)cc2o1. The number of benzene rings is 1. The first-order valence-corrected chi connectivity index (χ1v) is 8.98. The third kappa shape index (κ3) is 3.71. The summed E-state index contributed by atoms with van der Waals surface area (Å²) in [4.78, 5) is 18.9. The van der Waals surface area contributed by atoms with E-state index in [0.717, 1.165) is 31.4 Å². The van der Waals surface area contributed by atoms with Crippen molar-refractivity contribution in [3.8, 4) is 0 Å². The number of oxazole rings is 1. The molecular weight excluding hydrogens is 344 g/mol. The van der Waals surface area contributed by atoms with Crippen LogP contribution in [0.2, 0.25) is 0 Å². The van der Waals surface area contributed by atoms with Crippen molar-refractivity contribution < 1.29 is 23.2 Å². The lowest BCUT2D eigenvalue weighted by Gasteiger charge is -2.27. The predicted octanol–water partition coefficient (Wildman–Crippen LogP) is 3.55. The minimum Gasteiger partial charge on any atom is -0.438 e. The first-order valence-electron chi connectivity index (χ1n) is 8.98. The first-order chi connectivity index (χ1) is 12.5. The van der Waals surface area contributed by atoms with Gasteiger partial charge in [-0.3, -0.25) is 4.79 Å². The second kappa shape index (κ2) is 8.09. The second-order valence-corrected chi connectivity index (χ2v) is 6.68. The zero-order valence-corrected chi connectivity index (χ0v) is 14.7. The van der Waals surface area contributed by atoms with Crippen molar-refractivity contribution in [3.63, 3.8) is 0 Å². The molecule has 1 aromatic carbocycles. The van der Waals surface area contributed by atoms with Crippen LogP contribution in [0.3, 0.4) is 0 Å². The molecule has 142 valence electrons. The van der Waals surface area contributed by atoms with E-state index in [1.54, 1.807) is 4.90 Å². The Balaban J connectivity index is 1.84. The van der Waals surface area contributed by atoms with Crippen molar-refractivity contribution in [1.29, 1.82) is 0 Å². The number of hydroxylamine groups is 1. The van der Waals surface area contributed by atoms with Gasteiger partial charge in [-0.2, -0.15) is 0 Å². The van der Waals surface area contributed by atoms with Gasteiger partial charge in [-0.25, -0.2) is 19.2 Å². The third-order valence-electron chi connectivity index (χ3n) is 4.86. The van der Waals surface area contributed by atoms with E-state index in [1.807, 2.05) is 6.92 Å². The van der Waals surface area contributed by atoms with Crippen LogP contribution in [0.1, 0.15) is 51.0 Å². The van der Waals surface area contributed by atoms with Gasteiger partial charge in [0.05, 0.1) is 5.92 Å². The molecule has 1 amide bonds. The van der Waals surface area contributed by atoms with Crippen molar-refractivity contribution in [2.24, 2.45) is 5.92 Å². The van der Waals surface area contributed by atoms with Gasteiger partial charge in [-0.05, 0) is 19.3 Å². The van der Waals surface area contributed by atoms with Crippen LogP contribution < -0.4 is 5.48 Å². The summed E-state index contributed by atoms with van der Waals surface area (Å²) >= 11 is 0. The summed E-state index contributed by atoms with van der Waals surface area (Å²) < 4.78 is 32.4. The summed E-state index contributed by atoms with van der Waals surface area (Å²) in [6.45, 7) is 2.80. The zero-order valence-electron chi connectivity index (χ0n) is 14.7. The highest BCUT2D eigenvalue weighted by atomic mass is 19.2. The highest BCUT2D eigenvalue weighted by Gasteiger charge is 2.36. The average Bonchev–Trinajstić information content (AvgIpc) is 3.25. The lowest BCUT2D eigenvalue weighted by atomic mass is 10.00. The number of unbranched alkanes of at least 4 members (excludes halogenated alkanes) is 1. The number of carbonyl (C=O) groups excluding carboxylic acids is 1. The fourth-order valence-electron chi connectivity index (χ4n) is 3.48. The topological polar surface area (TPSA) is 78.6 Å². The second-order valence-electron chi connectivity index (χ2n) is 6.68. The van der Waals surface area contributed by atoms with Crippen LogP contribution >= 0.6 is 0 Å². The first kappa shape index (κ1) is 18.7. The molecule has 1 saturated heterocycles. The van der Waals surface area contributed by atoms with Crippen molar-refractivity contribution in [1.82, 2.24) is 15.4 Å². The smallest absolute Gasteiger partial charge is 0.227 e. The lowest BCUT2D eigenvalue weighted by molar-refractivity contribution is -0.137. The molecular formula is C18H23F2N3O3. The maximum absolute atomic E-state index is 13.4. The molecule has 1 aromatic heterocycles. The predicted molar refractivity (Wildman–Crippen MR) is 90.4 cm³/mol. The summed E-state index contributed by atoms with van der Waals surface area (Å²) in [5.74, 6) is -2.08. The minimum absolute atomic E-state index is 0.0675. The standard InChI is InChI=1S/C18H23F2N3O3/c1-2-3-5-11(10-21-25)18(24)23-7-4-6-15(23)17-22-14-8-12(19)13(20)9-16(14)26-17/h8-9,11,15,21,25H,2-7,10H2,1H3/t11-,15+/m1/s1. The Hall–Kier alpha value is -2.06. The number of rotatable bonds is 7. The largest absolute Gasteiger partial charge is 0.438 e. The summed E-state index contributed by atoms with van der Waals surface area (Å²) in [6, 6.07) is 1.62. The molecule has 3 rings (SSSR count). The van der Waals surface area contributed by atoms with Gasteiger partial charge in [0.1, 0.15) is 11.6 Å². The van der Waals surface area contributed by atoms with Gasteiger partial charge in [0, 0.05) is 25.2 Å². The maximum Gasteiger partial charge on any atom is 0.227 e. The Morgan fingerprint density at radius 3 is 2.96 bits per heavy atom. The van der Waals surface area contributed by atoms with Gasteiger partial charge in [0.15, 0.2) is 17.2 Å². The summed E-state index contributed by atoms with van der Waals surface area (Å²) in [6.07, 6.45) is 4.00. The summed E-state index contributed by atoms with van der Waals surface area (Å²) in [5, 5.41) is 9.04. The number of hydrogen-bond acceptors (Lipinski definition) is 5. The summed E-state index contributed by atoms with van der Waals surface area (Å²) in [7, 11) is 0. The highest BCUT2D eigenvalue weighted by Crippen LogP contribution is 2.35. The normalized spacial score (nSPS) is 18.6. The van der Waals surface area contributed by atoms with Gasteiger partial charge >= 0.3 is 0 Å². The van der Waals surface area contributed by atoms with E-state index in [4.69, 9.17) is 9.62 Å². The number of halogens is 2. The number of likely N-dealkylation sites (tertiary alicyclic amines) is 1. The van der Waals surface area contributed by atoms with E-state index in [1.165, 1.54) is 0 Å². The van der Waals surface area contributed by atoms with E-state index >= 15 is 0 Å². The number of nitrogens with one attached hydrogen (secondary N) is 1. The Morgan fingerprint density at radius 1 is 1.46 bits per heavy atom. The molecule has 1 fully saturated rings. The molecule has 2 atom stereocenters. The van der Waals surface area contributed by atoms with Crippen LogP contribution in [0.25, 0.3) is 11.1 Å². The molecule has 0 saturated carbocycles. The summed E-state index contributed by atoms with van der Waals surface area (Å²) in [5.41, 5.74) is 2.50. The van der Waals surface area contributed by atoms with Crippen molar-refractivity contribution in [2.75, 3.05) is 13.1 Å². The Bertz CT molecular complexity index is 741. The van der Waals surface area contributed by atoms with Crippen molar-refractivity contribution in [2.45, 2.75) is 45.1 Å². The molecule has 26 heavy (non-hydrogen) atoms. The Kier molecular flexibility index (Phi) is 5.83. The molecule has 8 heteroatoms. The molecule has 2 N–H and O–H groups in total. The van der Waals surface area contributed by atoms with Crippen LogP contribution in [-0.4, -0.2) is 34.1 Å². The molecule has 6 nitrogen and oxygen atoms in total. The Morgan fingerprint density at radius 2 is 2.23 bits per heavy atom. The van der Waals surface area contributed by atoms with E-state index in [-0.39, 0.29) is 35.5 Å². The Labute approximate surface area is 150 Å². The van der Waals surface area contributed by atoms with Crippen LogP contribution in [0, 0.1) is 17.6 Å². The molecule has 1 aliphatic rings. The molecule has 0 aliphatic carbocycles. The molecule has 0 unspecified atom stereocenters. The van der Waals surface area contributed by atoms with Gasteiger partial charge in [0.25, 0.3) is 0 Å². The van der Waals surface area contributed by atoms with Crippen LogP contribution in [0.5, 0.6) is 0 Å².